The first-order chi connectivity index (χ1) is 9.56. The SMILES string of the molecule is COC[C@@H](C)NC(=O)CCNc1cc(Cl)ccc1OC. The smallest absolute Gasteiger partial charge is 0.222 e. The zero-order chi connectivity index (χ0) is 15.0. The number of benzene rings is 1. The third-order valence-electron chi connectivity index (χ3n) is 2.65. The second-order valence-corrected chi connectivity index (χ2v) is 4.88. The Bertz CT molecular complexity index is 440. The van der Waals surface area contributed by atoms with Gasteiger partial charge in [0, 0.05) is 31.1 Å². The summed E-state index contributed by atoms with van der Waals surface area (Å²) in [5.41, 5.74) is 0.776. The molecule has 0 aliphatic heterocycles. The van der Waals surface area contributed by atoms with E-state index in [0.29, 0.717) is 30.3 Å². The first-order valence-electron chi connectivity index (χ1n) is 6.42. The summed E-state index contributed by atoms with van der Waals surface area (Å²) in [4.78, 5) is 11.7. The van der Waals surface area contributed by atoms with E-state index in [1.807, 2.05) is 6.92 Å². The lowest BCUT2D eigenvalue weighted by Gasteiger charge is -2.14. The standard InChI is InChI=1S/C14H21ClN2O3/c1-10(9-19-2)17-14(18)6-7-16-12-8-11(15)4-5-13(12)20-3/h4-5,8,10,16H,6-7,9H2,1-3H3,(H,17,18)/t10-/m1/s1. The van der Waals surface area contributed by atoms with Crippen molar-refractivity contribution in [3.8, 4) is 5.75 Å². The highest BCUT2D eigenvalue weighted by Gasteiger charge is 2.08. The predicted octanol–water partition coefficient (Wildman–Crippen LogP) is 2.30. The third kappa shape index (κ3) is 5.67. The fourth-order valence-electron chi connectivity index (χ4n) is 1.77. The highest BCUT2D eigenvalue weighted by atomic mass is 35.5. The normalized spacial score (nSPS) is 11.8. The van der Waals surface area contributed by atoms with Crippen LogP contribution in [-0.2, 0) is 9.53 Å². The van der Waals surface area contributed by atoms with Crippen LogP contribution in [-0.4, -0.2) is 39.3 Å². The van der Waals surface area contributed by atoms with Crippen LogP contribution in [0, 0.1) is 0 Å². The maximum absolute atomic E-state index is 11.7. The molecule has 1 atom stereocenters. The van der Waals surface area contributed by atoms with Crippen LogP contribution in [0.2, 0.25) is 5.02 Å². The Kier molecular flexibility index (Phi) is 7.18. The summed E-state index contributed by atoms with van der Waals surface area (Å²) in [6.07, 6.45) is 0.365. The number of hydrogen-bond donors (Lipinski definition) is 2. The van der Waals surface area contributed by atoms with Crippen molar-refractivity contribution in [2.45, 2.75) is 19.4 Å². The minimum absolute atomic E-state index is 0.00760. The largest absolute Gasteiger partial charge is 0.495 e. The fourth-order valence-corrected chi connectivity index (χ4v) is 1.94. The summed E-state index contributed by atoms with van der Waals surface area (Å²) in [6.45, 7) is 2.90. The fraction of sp³-hybridized carbons (Fsp3) is 0.500. The lowest BCUT2D eigenvalue weighted by Crippen LogP contribution is -2.36. The Balaban J connectivity index is 2.40. The van der Waals surface area contributed by atoms with Gasteiger partial charge in [-0.05, 0) is 25.1 Å². The van der Waals surface area contributed by atoms with Crippen molar-refractivity contribution in [3.05, 3.63) is 23.2 Å². The van der Waals surface area contributed by atoms with Crippen LogP contribution < -0.4 is 15.4 Å². The zero-order valence-corrected chi connectivity index (χ0v) is 12.8. The molecule has 0 heterocycles. The molecule has 0 aliphatic carbocycles. The molecule has 0 saturated heterocycles. The van der Waals surface area contributed by atoms with Gasteiger partial charge in [0.25, 0.3) is 0 Å². The van der Waals surface area contributed by atoms with Crippen molar-refractivity contribution < 1.29 is 14.3 Å². The number of amides is 1. The maximum Gasteiger partial charge on any atom is 0.222 e. The Morgan fingerprint density at radius 3 is 2.80 bits per heavy atom. The number of nitrogens with one attached hydrogen (secondary N) is 2. The van der Waals surface area contributed by atoms with Gasteiger partial charge in [-0.3, -0.25) is 4.79 Å². The highest BCUT2D eigenvalue weighted by molar-refractivity contribution is 6.30. The Morgan fingerprint density at radius 1 is 1.40 bits per heavy atom. The summed E-state index contributed by atoms with van der Waals surface area (Å²) in [7, 11) is 3.20. The molecule has 6 heteroatoms. The number of ether oxygens (including phenoxy) is 2. The van der Waals surface area contributed by atoms with Gasteiger partial charge in [-0.25, -0.2) is 0 Å². The minimum Gasteiger partial charge on any atom is -0.495 e. The summed E-state index contributed by atoms with van der Waals surface area (Å²) in [6, 6.07) is 5.32. The second-order valence-electron chi connectivity index (χ2n) is 4.45. The van der Waals surface area contributed by atoms with Crippen LogP contribution in [0.15, 0.2) is 18.2 Å². The average molecular weight is 301 g/mol. The van der Waals surface area contributed by atoms with Gasteiger partial charge in [0.15, 0.2) is 0 Å². The van der Waals surface area contributed by atoms with E-state index in [2.05, 4.69) is 10.6 Å². The van der Waals surface area contributed by atoms with Crippen LogP contribution in [0.1, 0.15) is 13.3 Å². The molecule has 2 N–H and O–H groups in total. The monoisotopic (exact) mass is 300 g/mol. The molecule has 1 amide bonds. The third-order valence-corrected chi connectivity index (χ3v) is 2.89. The van der Waals surface area contributed by atoms with E-state index >= 15 is 0 Å². The molecule has 0 aromatic heterocycles. The molecule has 0 saturated carbocycles. The van der Waals surface area contributed by atoms with Crippen molar-refractivity contribution in [1.82, 2.24) is 5.32 Å². The molecule has 0 spiro atoms. The summed E-state index contributed by atoms with van der Waals surface area (Å²) in [5.74, 6) is 0.672. The van der Waals surface area contributed by atoms with Crippen molar-refractivity contribution >= 4 is 23.2 Å². The van der Waals surface area contributed by atoms with Crippen LogP contribution in [0.3, 0.4) is 0 Å². The molecule has 1 rings (SSSR count). The summed E-state index contributed by atoms with van der Waals surface area (Å²) < 4.78 is 10.2. The van der Waals surface area contributed by atoms with Crippen LogP contribution in [0.4, 0.5) is 5.69 Å². The van der Waals surface area contributed by atoms with Crippen molar-refractivity contribution in [2.24, 2.45) is 0 Å². The molecule has 20 heavy (non-hydrogen) atoms. The lowest BCUT2D eigenvalue weighted by molar-refractivity contribution is -0.121. The van der Waals surface area contributed by atoms with Crippen molar-refractivity contribution in [2.75, 3.05) is 32.7 Å². The van der Waals surface area contributed by atoms with E-state index in [1.54, 1.807) is 32.4 Å². The van der Waals surface area contributed by atoms with Gasteiger partial charge in [-0.2, -0.15) is 0 Å². The molecule has 0 aliphatic rings. The quantitative estimate of drug-likeness (QED) is 0.773. The van der Waals surface area contributed by atoms with Crippen molar-refractivity contribution in [3.63, 3.8) is 0 Å². The van der Waals surface area contributed by atoms with Gasteiger partial charge < -0.3 is 20.1 Å². The number of hydrogen-bond acceptors (Lipinski definition) is 4. The molecular formula is C14H21ClN2O3. The molecule has 0 unspecified atom stereocenters. The van der Waals surface area contributed by atoms with Crippen LogP contribution >= 0.6 is 11.6 Å². The molecule has 0 fully saturated rings. The van der Waals surface area contributed by atoms with Gasteiger partial charge in [0.1, 0.15) is 5.75 Å². The summed E-state index contributed by atoms with van der Waals surface area (Å²) in [5, 5.41) is 6.60. The lowest BCUT2D eigenvalue weighted by atomic mass is 10.2. The van der Waals surface area contributed by atoms with E-state index < -0.39 is 0 Å². The molecule has 5 nitrogen and oxygen atoms in total. The van der Waals surface area contributed by atoms with E-state index in [9.17, 15) is 4.79 Å². The van der Waals surface area contributed by atoms with E-state index in [4.69, 9.17) is 21.1 Å². The Labute approximate surface area is 124 Å². The average Bonchev–Trinajstić information content (AvgIpc) is 2.39. The minimum atomic E-state index is -0.0250. The molecule has 1 aromatic rings. The molecule has 1 aromatic carbocycles. The molecular weight excluding hydrogens is 280 g/mol. The Hall–Kier alpha value is -1.46. The number of methoxy groups -OCH3 is 2. The molecule has 0 bridgehead atoms. The topological polar surface area (TPSA) is 59.6 Å². The first kappa shape index (κ1) is 16.6. The molecule has 112 valence electrons. The van der Waals surface area contributed by atoms with E-state index in [0.717, 1.165) is 5.69 Å². The van der Waals surface area contributed by atoms with E-state index in [1.165, 1.54) is 0 Å². The second kappa shape index (κ2) is 8.66. The first-order valence-corrected chi connectivity index (χ1v) is 6.80. The summed E-state index contributed by atoms with van der Waals surface area (Å²) >= 11 is 5.93. The zero-order valence-electron chi connectivity index (χ0n) is 12.0. The van der Waals surface area contributed by atoms with Crippen molar-refractivity contribution in [1.29, 1.82) is 0 Å². The number of carbonyl (C=O) groups excluding carboxylic acids is 1. The maximum atomic E-state index is 11.7. The predicted molar refractivity (Wildman–Crippen MR) is 80.6 cm³/mol. The van der Waals surface area contributed by atoms with Gasteiger partial charge in [0.05, 0.1) is 19.4 Å². The van der Waals surface area contributed by atoms with Gasteiger partial charge in [-0.1, -0.05) is 11.6 Å². The number of carbonyl (C=O) groups is 1. The van der Waals surface area contributed by atoms with E-state index in [-0.39, 0.29) is 11.9 Å². The molecule has 0 radical (unpaired) electrons. The van der Waals surface area contributed by atoms with Gasteiger partial charge in [0.2, 0.25) is 5.91 Å². The van der Waals surface area contributed by atoms with Crippen LogP contribution in [0.5, 0.6) is 5.75 Å². The van der Waals surface area contributed by atoms with Gasteiger partial charge >= 0.3 is 0 Å². The van der Waals surface area contributed by atoms with Gasteiger partial charge in [-0.15, -0.1) is 0 Å². The van der Waals surface area contributed by atoms with Crippen LogP contribution in [0.25, 0.3) is 0 Å². The Morgan fingerprint density at radius 2 is 2.15 bits per heavy atom. The number of anilines is 1. The highest BCUT2D eigenvalue weighted by Crippen LogP contribution is 2.27. The number of rotatable bonds is 8. The number of halogens is 1.